The van der Waals surface area contributed by atoms with Crippen molar-refractivity contribution in [3.05, 3.63) is 64.7 Å². The average molecular weight is 373 g/mol. The van der Waals surface area contributed by atoms with Crippen molar-refractivity contribution < 1.29 is 9.18 Å². The first-order chi connectivity index (χ1) is 12.6. The third kappa shape index (κ3) is 4.26. The number of halogens is 2. The number of carbonyl (C=O) groups excluding carboxylic acids is 1. The monoisotopic (exact) mass is 372 g/mol. The molecule has 0 aliphatic heterocycles. The van der Waals surface area contributed by atoms with E-state index in [2.05, 4.69) is 20.6 Å². The molecule has 3 rings (SSSR count). The molecule has 1 aromatic heterocycles. The van der Waals surface area contributed by atoms with Gasteiger partial charge in [0.05, 0.1) is 5.52 Å². The van der Waals surface area contributed by atoms with Gasteiger partial charge >= 0.3 is 0 Å². The van der Waals surface area contributed by atoms with Crippen molar-refractivity contribution in [1.29, 1.82) is 0 Å². The number of nitrogens with one attached hydrogen (secondary N) is 2. The van der Waals surface area contributed by atoms with E-state index in [1.54, 1.807) is 18.2 Å². The Labute approximate surface area is 155 Å². The fourth-order valence-electron chi connectivity index (χ4n) is 2.53. The summed E-state index contributed by atoms with van der Waals surface area (Å²) in [6.07, 6.45) is 0.702. The summed E-state index contributed by atoms with van der Waals surface area (Å²) in [5, 5.41) is 7.45. The molecule has 0 unspecified atom stereocenters. The maximum absolute atomic E-state index is 13.2. The number of aryl methyl sites for hydroxylation is 1. The molecule has 0 aliphatic carbocycles. The summed E-state index contributed by atoms with van der Waals surface area (Å²) < 4.78 is 13.2. The Balaban J connectivity index is 1.65. The van der Waals surface area contributed by atoms with Gasteiger partial charge in [-0.1, -0.05) is 24.6 Å². The lowest BCUT2D eigenvalue weighted by Crippen LogP contribution is -2.29. The molecule has 0 saturated carbocycles. The minimum atomic E-state index is -0.436. The van der Waals surface area contributed by atoms with Crippen molar-refractivity contribution in [2.75, 3.05) is 18.4 Å². The quantitative estimate of drug-likeness (QED) is 0.645. The van der Waals surface area contributed by atoms with Gasteiger partial charge in [-0.25, -0.2) is 14.4 Å². The zero-order valence-corrected chi connectivity index (χ0v) is 15.0. The topological polar surface area (TPSA) is 66.9 Å². The van der Waals surface area contributed by atoms with Crippen LogP contribution in [0.5, 0.6) is 0 Å². The number of fused-ring (bicyclic) bond motifs is 1. The van der Waals surface area contributed by atoms with Crippen LogP contribution in [-0.4, -0.2) is 29.0 Å². The van der Waals surface area contributed by atoms with Crippen LogP contribution in [0.1, 0.15) is 23.1 Å². The largest absolute Gasteiger partial charge is 0.368 e. The summed E-state index contributed by atoms with van der Waals surface area (Å²) in [5.41, 5.74) is 1.07. The third-order valence-electron chi connectivity index (χ3n) is 3.81. The molecule has 0 fully saturated rings. The number of hydrogen-bond donors (Lipinski definition) is 2. The van der Waals surface area contributed by atoms with Gasteiger partial charge in [0.15, 0.2) is 0 Å². The second kappa shape index (κ2) is 8.10. The fraction of sp³-hybridized carbons (Fsp3) is 0.211. The lowest BCUT2D eigenvalue weighted by molar-refractivity contribution is 0.0954. The normalized spacial score (nSPS) is 10.7. The van der Waals surface area contributed by atoms with Gasteiger partial charge in [0.1, 0.15) is 17.5 Å². The zero-order chi connectivity index (χ0) is 18.5. The van der Waals surface area contributed by atoms with Crippen molar-refractivity contribution in [3.63, 3.8) is 0 Å². The molecule has 1 heterocycles. The summed E-state index contributed by atoms with van der Waals surface area (Å²) in [7, 11) is 0. The van der Waals surface area contributed by atoms with Crippen LogP contribution in [0.25, 0.3) is 10.9 Å². The molecule has 3 aromatic rings. The second-order valence-corrected chi connectivity index (χ2v) is 6.13. The smallest absolute Gasteiger partial charge is 0.251 e. The third-order valence-corrected chi connectivity index (χ3v) is 4.05. The molecular weight excluding hydrogens is 355 g/mol. The van der Waals surface area contributed by atoms with E-state index in [1.807, 2.05) is 13.0 Å². The van der Waals surface area contributed by atoms with E-state index in [4.69, 9.17) is 11.6 Å². The van der Waals surface area contributed by atoms with E-state index in [0.29, 0.717) is 41.7 Å². The lowest BCUT2D eigenvalue weighted by Gasteiger charge is -2.11. The van der Waals surface area contributed by atoms with Crippen molar-refractivity contribution in [3.8, 4) is 0 Å². The molecule has 0 saturated heterocycles. The highest BCUT2D eigenvalue weighted by atomic mass is 35.5. The Morgan fingerprint density at radius 2 is 2.00 bits per heavy atom. The van der Waals surface area contributed by atoms with E-state index in [-0.39, 0.29) is 5.91 Å². The number of benzene rings is 2. The molecule has 2 aromatic carbocycles. The van der Waals surface area contributed by atoms with Gasteiger partial charge in [0.25, 0.3) is 5.91 Å². The molecule has 2 N–H and O–H groups in total. The molecule has 0 radical (unpaired) electrons. The van der Waals surface area contributed by atoms with Crippen LogP contribution in [0.2, 0.25) is 5.02 Å². The number of amides is 1. The highest BCUT2D eigenvalue weighted by Crippen LogP contribution is 2.23. The molecule has 7 heteroatoms. The van der Waals surface area contributed by atoms with Crippen LogP contribution in [0, 0.1) is 5.82 Å². The summed E-state index contributed by atoms with van der Waals surface area (Å²) in [4.78, 5) is 21.0. The summed E-state index contributed by atoms with van der Waals surface area (Å²) in [6.45, 7) is 2.82. The first-order valence-electron chi connectivity index (χ1n) is 8.30. The van der Waals surface area contributed by atoms with Crippen LogP contribution in [0.15, 0.2) is 42.5 Å². The minimum Gasteiger partial charge on any atom is -0.368 e. The van der Waals surface area contributed by atoms with Gasteiger partial charge < -0.3 is 10.6 Å². The Kier molecular flexibility index (Phi) is 5.63. The van der Waals surface area contributed by atoms with E-state index in [9.17, 15) is 9.18 Å². The van der Waals surface area contributed by atoms with Crippen molar-refractivity contribution in [2.24, 2.45) is 0 Å². The number of rotatable bonds is 6. The van der Waals surface area contributed by atoms with Crippen molar-refractivity contribution in [2.45, 2.75) is 13.3 Å². The van der Waals surface area contributed by atoms with Gasteiger partial charge in [-0.3, -0.25) is 4.79 Å². The van der Waals surface area contributed by atoms with Crippen LogP contribution in [0.3, 0.4) is 0 Å². The molecule has 0 spiro atoms. The summed E-state index contributed by atoms with van der Waals surface area (Å²) in [6, 6.07) is 11.0. The van der Waals surface area contributed by atoms with Crippen LogP contribution in [-0.2, 0) is 6.42 Å². The SMILES string of the molecule is CCc1nc(NCCNC(=O)c2cccc(F)c2)c2ccc(Cl)cc2n1. The van der Waals surface area contributed by atoms with Crippen molar-refractivity contribution >= 4 is 34.2 Å². The predicted molar refractivity (Wildman–Crippen MR) is 101 cm³/mol. The first kappa shape index (κ1) is 18.1. The average Bonchev–Trinajstić information content (AvgIpc) is 2.64. The summed E-state index contributed by atoms with van der Waals surface area (Å²) >= 11 is 6.04. The van der Waals surface area contributed by atoms with Gasteiger partial charge in [-0.05, 0) is 36.4 Å². The van der Waals surface area contributed by atoms with Crippen molar-refractivity contribution in [1.82, 2.24) is 15.3 Å². The van der Waals surface area contributed by atoms with Gasteiger partial charge in [0, 0.05) is 35.5 Å². The van der Waals surface area contributed by atoms with Crippen LogP contribution in [0.4, 0.5) is 10.2 Å². The van der Waals surface area contributed by atoms with Gasteiger partial charge in [0.2, 0.25) is 0 Å². The maximum atomic E-state index is 13.2. The Hall–Kier alpha value is -2.73. The Bertz CT molecular complexity index is 948. The fourth-order valence-corrected chi connectivity index (χ4v) is 2.70. The number of aromatic nitrogens is 2. The molecule has 0 bridgehead atoms. The molecular formula is C19H18ClFN4O. The van der Waals surface area contributed by atoms with E-state index in [1.165, 1.54) is 18.2 Å². The Morgan fingerprint density at radius 3 is 2.77 bits per heavy atom. The number of hydrogen-bond acceptors (Lipinski definition) is 4. The number of anilines is 1. The second-order valence-electron chi connectivity index (χ2n) is 5.70. The summed E-state index contributed by atoms with van der Waals surface area (Å²) in [5.74, 6) is 0.656. The predicted octanol–water partition coefficient (Wildman–Crippen LogP) is 3.83. The Morgan fingerprint density at radius 1 is 1.15 bits per heavy atom. The van der Waals surface area contributed by atoms with E-state index in [0.717, 1.165) is 10.9 Å². The van der Waals surface area contributed by atoms with Gasteiger partial charge in [-0.15, -0.1) is 0 Å². The molecule has 0 atom stereocenters. The maximum Gasteiger partial charge on any atom is 0.251 e. The molecule has 0 aliphatic rings. The minimum absolute atomic E-state index is 0.292. The highest BCUT2D eigenvalue weighted by Gasteiger charge is 2.08. The first-order valence-corrected chi connectivity index (χ1v) is 8.68. The van der Waals surface area contributed by atoms with Crippen LogP contribution >= 0.6 is 11.6 Å². The number of nitrogens with zero attached hydrogens (tertiary/aromatic N) is 2. The van der Waals surface area contributed by atoms with E-state index < -0.39 is 5.82 Å². The molecule has 1 amide bonds. The van der Waals surface area contributed by atoms with Gasteiger partial charge in [-0.2, -0.15) is 0 Å². The number of carbonyl (C=O) groups is 1. The van der Waals surface area contributed by atoms with E-state index >= 15 is 0 Å². The standard InChI is InChI=1S/C19H18ClFN4O/c1-2-17-24-16-11-13(20)6-7-15(16)18(25-17)22-8-9-23-19(26)12-4-3-5-14(21)10-12/h3-7,10-11H,2,8-9H2,1H3,(H,23,26)(H,22,24,25). The molecule has 26 heavy (non-hydrogen) atoms. The zero-order valence-electron chi connectivity index (χ0n) is 14.2. The van der Waals surface area contributed by atoms with Crippen LogP contribution < -0.4 is 10.6 Å². The lowest BCUT2D eigenvalue weighted by atomic mass is 10.2. The molecule has 5 nitrogen and oxygen atoms in total. The molecule has 134 valence electrons. The highest BCUT2D eigenvalue weighted by molar-refractivity contribution is 6.31.